The van der Waals surface area contributed by atoms with Crippen LogP contribution in [0, 0.1) is 11.7 Å². The zero-order chi connectivity index (χ0) is 14.5. The van der Waals surface area contributed by atoms with Crippen molar-refractivity contribution in [1.29, 1.82) is 0 Å². The van der Waals surface area contributed by atoms with Gasteiger partial charge in [-0.1, -0.05) is 12.1 Å². The number of carbonyl (C=O) groups excluding carboxylic acids is 1. The highest BCUT2D eigenvalue weighted by Crippen LogP contribution is 2.47. The van der Waals surface area contributed by atoms with E-state index < -0.39 is 6.10 Å². The highest BCUT2D eigenvalue weighted by atomic mass is 19.1. The summed E-state index contributed by atoms with van der Waals surface area (Å²) in [5.41, 5.74) is 0.879. The zero-order valence-corrected chi connectivity index (χ0v) is 11.5. The number of methoxy groups -OCH3 is 1. The van der Waals surface area contributed by atoms with Crippen molar-refractivity contribution in [1.82, 2.24) is 5.32 Å². The van der Waals surface area contributed by atoms with E-state index in [-0.39, 0.29) is 30.2 Å². The molecule has 1 aliphatic rings. The summed E-state index contributed by atoms with van der Waals surface area (Å²) in [4.78, 5) is 11.9. The number of hydrogen-bond donors (Lipinski definition) is 2. The van der Waals surface area contributed by atoms with Crippen molar-refractivity contribution in [2.75, 3.05) is 20.3 Å². The predicted octanol–water partition coefficient (Wildman–Crippen LogP) is 1.44. The minimum absolute atomic E-state index is 0.0242. The minimum Gasteiger partial charge on any atom is -0.391 e. The van der Waals surface area contributed by atoms with E-state index >= 15 is 0 Å². The lowest BCUT2D eigenvalue weighted by Crippen LogP contribution is -2.29. The summed E-state index contributed by atoms with van der Waals surface area (Å²) < 4.78 is 17.9. The number of rotatable bonds is 7. The van der Waals surface area contributed by atoms with E-state index in [0.717, 1.165) is 12.0 Å². The molecule has 20 heavy (non-hydrogen) atoms. The Kier molecular flexibility index (Phi) is 5.09. The number of amides is 1. The average molecular weight is 281 g/mol. The third-order valence-corrected chi connectivity index (χ3v) is 3.54. The van der Waals surface area contributed by atoms with Gasteiger partial charge in [0.25, 0.3) is 0 Å². The van der Waals surface area contributed by atoms with Crippen molar-refractivity contribution >= 4 is 5.91 Å². The first-order valence-electron chi connectivity index (χ1n) is 6.82. The molecule has 0 aliphatic heterocycles. The van der Waals surface area contributed by atoms with Gasteiger partial charge in [0, 0.05) is 19.6 Å². The fourth-order valence-electron chi connectivity index (χ4n) is 2.36. The van der Waals surface area contributed by atoms with Crippen LogP contribution in [-0.4, -0.2) is 37.4 Å². The molecule has 2 rings (SSSR count). The first-order valence-corrected chi connectivity index (χ1v) is 6.82. The molecule has 0 saturated heterocycles. The highest BCUT2D eigenvalue weighted by molar-refractivity contribution is 5.82. The van der Waals surface area contributed by atoms with Crippen LogP contribution in [0.2, 0.25) is 0 Å². The van der Waals surface area contributed by atoms with Crippen LogP contribution in [0.25, 0.3) is 0 Å². The molecule has 0 aromatic heterocycles. The molecular weight excluding hydrogens is 261 g/mol. The second-order valence-corrected chi connectivity index (χ2v) is 5.19. The quantitative estimate of drug-likeness (QED) is 0.795. The lowest BCUT2D eigenvalue weighted by Gasteiger charge is -2.10. The van der Waals surface area contributed by atoms with Gasteiger partial charge in [0.05, 0.1) is 12.7 Å². The van der Waals surface area contributed by atoms with Crippen LogP contribution in [-0.2, 0) is 9.53 Å². The number of nitrogens with one attached hydrogen (secondary N) is 1. The average Bonchev–Trinajstić information content (AvgIpc) is 3.19. The van der Waals surface area contributed by atoms with Gasteiger partial charge >= 0.3 is 0 Å². The van der Waals surface area contributed by atoms with Crippen LogP contribution in [0.3, 0.4) is 0 Å². The van der Waals surface area contributed by atoms with Gasteiger partial charge < -0.3 is 15.2 Å². The van der Waals surface area contributed by atoms with E-state index in [2.05, 4.69) is 5.32 Å². The number of carbonyl (C=O) groups is 1. The molecule has 5 heteroatoms. The van der Waals surface area contributed by atoms with E-state index in [0.29, 0.717) is 13.0 Å². The van der Waals surface area contributed by atoms with Crippen LogP contribution in [0.5, 0.6) is 0 Å². The van der Waals surface area contributed by atoms with E-state index in [1.807, 2.05) is 6.07 Å². The molecule has 1 aromatic carbocycles. The predicted molar refractivity (Wildman–Crippen MR) is 72.8 cm³/mol. The van der Waals surface area contributed by atoms with Crippen LogP contribution >= 0.6 is 0 Å². The second-order valence-electron chi connectivity index (χ2n) is 5.19. The molecule has 0 spiro atoms. The first kappa shape index (κ1) is 14.9. The Morgan fingerprint density at radius 3 is 3.10 bits per heavy atom. The molecule has 1 aromatic rings. The van der Waals surface area contributed by atoms with Gasteiger partial charge in [-0.15, -0.1) is 0 Å². The van der Waals surface area contributed by atoms with Crippen molar-refractivity contribution in [3.8, 4) is 0 Å². The molecule has 1 amide bonds. The smallest absolute Gasteiger partial charge is 0.223 e. The number of benzene rings is 1. The molecule has 0 bridgehead atoms. The van der Waals surface area contributed by atoms with Crippen molar-refractivity contribution in [2.45, 2.75) is 24.9 Å². The van der Waals surface area contributed by atoms with Crippen LogP contribution < -0.4 is 5.32 Å². The van der Waals surface area contributed by atoms with Crippen molar-refractivity contribution < 1.29 is 19.0 Å². The topological polar surface area (TPSA) is 58.6 Å². The monoisotopic (exact) mass is 281 g/mol. The third kappa shape index (κ3) is 4.02. The van der Waals surface area contributed by atoms with Gasteiger partial charge in [-0.2, -0.15) is 0 Å². The van der Waals surface area contributed by atoms with Gasteiger partial charge in [0.2, 0.25) is 5.91 Å². The van der Waals surface area contributed by atoms with E-state index in [1.54, 1.807) is 6.07 Å². The van der Waals surface area contributed by atoms with E-state index in [9.17, 15) is 14.3 Å². The van der Waals surface area contributed by atoms with E-state index in [1.165, 1.54) is 19.2 Å². The lowest BCUT2D eigenvalue weighted by atomic mass is 10.1. The van der Waals surface area contributed by atoms with Crippen molar-refractivity contribution in [2.24, 2.45) is 5.92 Å². The fourth-order valence-corrected chi connectivity index (χ4v) is 2.36. The summed E-state index contributed by atoms with van der Waals surface area (Å²) in [6.07, 6.45) is 0.672. The first-order chi connectivity index (χ1) is 9.61. The summed E-state index contributed by atoms with van der Waals surface area (Å²) in [6, 6.07) is 6.40. The summed E-state index contributed by atoms with van der Waals surface area (Å²) in [5, 5.41) is 12.3. The van der Waals surface area contributed by atoms with Gasteiger partial charge in [0.15, 0.2) is 0 Å². The number of halogens is 1. The Hall–Kier alpha value is -1.46. The summed E-state index contributed by atoms with van der Waals surface area (Å²) >= 11 is 0. The Labute approximate surface area is 117 Å². The molecule has 3 atom stereocenters. The maximum atomic E-state index is 13.1. The Bertz CT molecular complexity index is 466. The standard InChI is InChI=1S/C15H20FNO3/c1-20-9-12(18)5-6-17-15(19)14-8-13(14)10-3-2-4-11(16)7-10/h2-4,7,12-14,18H,5-6,8-9H2,1H3,(H,17,19). The van der Waals surface area contributed by atoms with Gasteiger partial charge in [-0.05, 0) is 36.5 Å². The van der Waals surface area contributed by atoms with Crippen LogP contribution in [0.15, 0.2) is 24.3 Å². The molecule has 1 saturated carbocycles. The molecule has 0 radical (unpaired) electrons. The number of ether oxygens (including phenoxy) is 1. The largest absolute Gasteiger partial charge is 0.391 e. The Morgan fingerprint density at radius 2 is 2.40 bits per heavy atom. The summed E-state index contributed by atoms with van der Waals surface area (Å²) in [7, 11) is 1.52. The molecule has 2 N–H and O–H groups in total. The maximum Gasteiger partial charge on any atom is 0.223 e. The molecule has 3 unspecified atom stereocenters. The normalized spacial score (nSPS) is 22.4. The molecule has 1 fully saturated rings. The SMILES string of the molecule is COCC(O)CCNC(=O)C1CC1c1cccc(F)c1. The summed E-state index contributed by atoms with van der Waals surface area (Å²) in [6.45, 7) is 0.695. The molecule has 0 heterocycles. The number of aliphatic hydroxyl groups excluding tert-OH is 1. The highest BCUT2D eigenvalue weighted by Gasteiger charge is 2.43. The van der Waals surface area contributed by atoms with Crippen LogP contribution in [0.1, 0.15) is 24.3 Å². The fraction of sp³-hybridized carbons (Fsp3) is 0.533. The lowest BCUT2D eigenvalue weighted by molar-refractivity contribution is -0.122. The summed E-state index contributed by atoms with van der Waals surface area (Å²) in [5.74, 6) is -0.244. The molecular formula is C15H20FNO3. The zero-order valence-electron chi connectivity index (χ0n) is 11.5. The third-order valence-electron chi connectivity index (χ3n) is 3.54. The molecule has 110 valence electrons. The molecule has 1 aliphatic carbocycles. The van der Waals surface area contributed by atoms with Gasteiger partial charge in [0.1, 0.15) is 5.82 Å². The minimum atomic E-state index is -0.557. The van der Waals surface area contributed by atoms with Gasteiger partial charge in [-0.3, -0.25) is 4.79 Å². The van der Waals surface area contributed by atoms with Crippen molar-refractivity contribution in [3.63, 3.8) is 0 Å². The molecule has 4 nitrogen and oxygen atoms in total. The van der Waals surface area contributed by atoms with E-state index in [4.69, 9.17) is 4.74 Å². The van der Waals surface area contributed by atoms with Crippen molar-refractivity contribution in [3.05, 3.63) is 35.6 Å². The Balaban J connectivity index is 1.73. The Morgan fingerprint density at radius 1 is 1.60 bits per heavy atom. The van der Waals surface area contributed by atoms with Gasteiger partial charge in [-0.25, -0.2) is 4.39 Å². The number of aliphatic hydroxyl groups is 1. The number of hydrogen-bond acceptors (Lipinski definition) is 3. The second kappa shape index (κ2) is 6.81. The van der Waals surface area contributed by atoms with Crippen LogP contribution in [0.4, 0.5) is 4.39 Å². The maximum absolute atomic E-state index is 13.1.